The Labute approximate surface area is 159 Å². The lowest BCUT2D eigenvalue weighted by atomic mass is 10.3. The summed E-state index contributed by atoms with van der Waals surface area (Å²) in [5.74, 6) is 3.31. The quantitative estimate of drug-likeness (QED) is 0.824. The number of likely N-dealkylation sites (N-methyl/N-ethyl adjacent to an activating group) is 1. The summed E-state index contributed by atoms with van der Waals surface area (Å²) in [7, 11) is 2.14. The number of hydrogen-bond donors (Lipinski definition) is 1. The maximum absolute atomic E-state index is 12.1. The van der Waals surface area contributed by atoms with E-state index in [1.165, 1.54) is 12.5 Å². The molecular weight excluding hydrogens is 340 g/mol. The Balaban J connectivity index is 1.30. The van der Waals surface area contributed by atoms with E-state index >= 15 is 0 Å². The summed E-state index contributed by atoms with van der Waals surface area (Å²) >= 11 is 0. The van der Waals surface area contributed by atoms with Gasteiger partial charge >= 0.3 is 0 Å². The van der Waals surface area contributed by atoms with Crippen molar-refractivity contribution >= 4 is 23.5 Å². The first-order chi connectivity index (χ1) is 13.1. The molecule has 1 amide bonds. The van der Waals surface area contributed by atoms with Crippen LogP contribution in [0.4, 0.5) is 11.5 Å². The second kappa shape index (κ2) is 7.56. The number of carbonyl (C=O) groups is 1. The molecule has 3 heterocycles. The molecule has 1 N–H and O–H groups in total. The van der Waals surface area contributed by atoms with Gasteiger partial charge < -0.3 is 19.5 Å². The fourth-order valence-electron chi connectivity index (χ4n) is 3.41. The summed E-state index contributed by atoms with van der Waals surface area (Å²) in [6, 6.07) is 7.77. The van der Waals surface area contributed by atoms with Crippen molar-refractivity contribution in [1.82, 2.24) is 9.88 Å². The molecule has 0 aromatic carbocycles. The molecule has 2 atom stereocenters. The first-order valence-corrected chi connectivity index (χ1v) is 9.57. The lowest BCUT2D eigenvalue weighted by Crippen LogP contribution is -2.44. The van der Waals surface area contributed by atoms with Gasteiger partial charge in [0.25, 0.3) is 0 Å². The van der Waals surface area contributed by atoms with Crippen LogP contribution in [-0.2, 0) is 4.79 Å². The van der Waals surface area contributed by atoms with E-state index in [-0.39, 0.29) is 5.91 Å². The van der Waals surface area contributed by atoms with Crippen molar-refractivity contribution in [2.75, 3.05) is 43.4 Å². The number of carbonyl (C=O) groups excluding carboxylic acids is 1. The number of anilines is 2. The van der Waals surface area contributed by atoms with Crippen LogP contribution in [-0.4, -0.2) is 49.0 Å². The Morgan fingerprint density at radius 2 is 2.00 bits per heavy atom. The number of piperazine rings is 1. The van der Waals surface area contributed by atoms with Crippen molar-refractivity contribution in [3.05, 3.63) is 48.1 Å². The van der Waals surface area contributed by atoms with Crippen molar-refractivity contribution in [2.45, 2.75) is 19.3 Å². The molecule has 2 aliphatic rings. The molecule has 27 heavy (non-hydrogen) atoms. The number of amides is 1. The van der Waals surface area contributed by atoms with E-state index in [0.29, 0.717) is 23.4 Å². The minimum atomic E-state index is -0.215. The zero-order valence-corrected chi connectivity index (χ0v) is 15.9. The lowest BCUT2D eigenvalue weighted by Gasteiger charge is -2.33. The highest BCUT2D eigenvalue weighted by Crippen LogP contribution is 2.47. The van der Waals surface area contributed by atoms with Gasteiger partial charge in [-0.25, -0.2) is 4.98 Å². The van der Waals surface area contributed by atoms with Crippen LogP contribution < -0.4 is 10.2 Å². The second-order valence-electron chi connectivity index (χ2n) is 7.57. The molecule has 1 saturated heterocycles. The third kappa shape index (κ3) is 4.39. The maximum atomic E-state index is 12.1. The predicted molar refractivity (Wildman–Crippen MR) is 107 cm³/mol. The first kappa shape index (κ1) is 17.8. The van der Waals surface area contributed by atoms with E-state index in [1.807, 2.05) is 30.5 Å². The normalized spacial score (nSPS) is 23.0. The summed E-state index contributed by atoms with van der Waals surface area (Å²) in [4.78, 5) is 21.1. The fourth-order valence-corrected chi connectivity index (χ4v) is 3.41. The highest BCUT2D eigenvalue weighted by atomic mass is 16.3. The molecule has 6 nitrogen and oxygen atoms in total. The van der Waals surface area contributed by atoms with Crippen molar-refractivity contribution in [1.29, 1.82) is 0 Å². The molecule has 0 radical (unpaired) electrons. The van der Waals surface area contributed by atoms with Gasteiger partial charge in [0.05, 0.1) is 11.9 Å². The molecule has 2 unspecified atom stereocenters. The zero-order valence-electron chi connectivity index (χ0n) is 15.9. The Morgan fingerprint density at radius 1 is 1.22 bits per heavy atom. The minimum Gasteiger partial charge on any atom is -0.461 e. The van der Waals surface area contributed by atoms with Gasteiger partial charge in [-0.1, -0.05) is 6.92 Å². The van der Waals surface area contributed by atoms with Crippen molar-refractivity contribution in [3.63, 3.8) is 0 Å². The van der Waals surface area contributed by atoms with Gasteiger partial charge in [0.1, 0.15) is 17.3 Å². The van der Waals surface area contributed by atoms with Crippen LogP contribution in [0.25, 0.3) is 6.08 Å². The number of rotatable bonds is 5. The summed E-state index contributed by atoms with van der Waals surface area (Å²) in [6.07, 6.45) is 6.19. The van der Waals surface area contributed by atoms with Gasteiger partial charge in [-0.05, 0) is 49.7 Å². The molecule has 2 aromatic rings. The average Bonchev–Trinajstić information content (AvgIpc) is 3.22. The van der Waals surface area contributed by atoms with Crippen molar-refractivity contribution in [2.24, 2.45) is 5.92 Å². The van der Waals surface area contributed by atoms with E-state index < -0.39 is 0 Å². The van der Waals surface area contributed by atoms with E-state index in [1.54, 1.807) is 6.08 Å². The second-order valence-corrected chi connectivity index (χ2v) is 7.57. The first-order valence-electron chi connectivity index (χ1n) is 9.57. The van der Waals surface area contributed by atoms with Gasteiger partial charge in [0.2, 0.25) is 5.91 Å². The standard InChI is InChI=1S/C21H26N4O2/c1-15-13-18(15)19-6-4-17(27-19)5-8-21(26)23-20-7-3-16(14-22-20)25-11-9-24(2)10-12-25/h3-8,14-15,18H,9-13H2,1-2H3,(H,22,23,26)/b8-5+. The van der Waals surface area contributed by atoms with Gasteiger partial charge in [0.15, 0.2) is 0 Å². The van der Waals surface area contributed by atoms with Gasteiger partial charge in [-0.15, -0.1) is 0 Å². The molecule has 1 aliphatic carbocycles. The molecule has 1 saturated carbocycles. The number of hydrogen-bond acceptors (Lipinski definition) is 5. The predicted octanol–water partition coefficient (Wildman–Crippen LogP) is 3.20. The van der Waals surface area contributed by atoms with E-state index in [9.17, 15) is 4.79 Å². The number of pyridine rings is 1. The topological polar surface area (TPSA) is 61.6 Å². The number of furan rings is 1. The molecule has 4 rings (SSSR count). The van der Waals surface area contributed by atoms with Crippen molar-refractivity contribution in [3.8, 4) is 0 Å². The van der Waals surface area contributed by atoms with Crippen LogP contribution >= 0.6 is 0 Å². The molecule has 1 aliphatic heterocycles. The van der Waals surface area contributed by atoms with Gasteiger partial charge in [-0.2, -0.15) is 0 Å². The van der Waals surface area contributed by atoms with Crippen LogP contribution in [0.3, 0.4) is 0 Å². The summed E-state index contributed by atoms with van der Waals surface area (Å²) in [5.41, 5.74) is 1.09. The Morgan fingerprint density at radius 3 is 2.67 bits per heavy atom. The third-order valence-electron chi connectivity index (χ3n) is 5.39. The van der Waals surface area contributed by atoms with Crippen LogP contribution in [0.15, 0.2) is 41.0 Å². The average molecular weight is 366 g/mol. The molecule has 2 aromatic heterocycles. The largest absolute Gasteiger partial charge is 0.461 e. The smallest absolute Gasteiger partial charge is 0.249 e. The molecule has 0 spiro atoms. The number of aromatic nitrogens is 1. The fraction of sp³-hybridized carbons (Fsp3) is 0.429. The lowest BCUT2D eigenvalue weighted by molar-refractivity contribution is -0.111. The molecule has 0 bridgehead atoms. The summed E-state index contributed by atoms with van der Waals surface area (Å²) < 4.78 is 5.78. The molecule has 6 heteroatoms. The maximum Gasteiger partial charge on any atom is 0.249 e. The monoisotopic (exact) mass is 366 g/mol. The highest BCUT2D eigenvalue weighted by Gasteiger charge is 2.36. The van der Waals surface area contributed by atoms with Crippen LogP contribution in [0.5, 0.6) is 0 Å². The SMILES string of the molecule is CC1CC1c1ccc(/C=C/C(=O)Nc2ccc(N3CCN(C)CC3)cn2)o1. The number of nitrogens with one attached hydrogen (secondary N) is 1. The van der Waals surface area contributed by atoms with E-state index in [0.717, 1.165) is 37.6 Å². The van der Waals surface area contributed by atoms with Crippen LogP contribution in [0.2, 0.25) is 0 Å². The number of nitrogens with zero attached hydrogens (tertiary/aromatic N) is 3. The van der Waals surface area contributed by atoms with Crippen LogP contribution in [0.1, 0.15) is 30.8 Å². The minimum absolute atomic E-state index is 0.215. The summed E-state index contributed by atoms with van der Waals surface area (Å²) in [5, 5.41) is 2.79. The van der Waals surface area contributed by atoms with E-state index in [2.05, 4.69) is 34.1 Å². The molecule has 2 fully saturated rings. The van der Waals surface area contributed by atoms with E-state index in [4.69, 9.17) is 4.42 Å². The Hall–Kier alpha value is -2.60. The molecular formula is C21H26N4O2. The van der Waals surface area contributed by atoms with Gasteiger partial charge in [0, 0.05) is 38.2 Å². The van der Waals surface area contributed by atoms with Gasteiger partial charge in [-0.3, -0.25) is 4.79 Å². The highest BCUT2D eigenvalue weighted by molar-refractivity contribution is 6.01. The van der Waals surface area contributed by atoms with Crippen molar-refractivity contribution < 1.29 is 9.21 Å². The third-order valence-corrected chi connectivity index (χ3v) is 5.39. The Kier molecular flexibility index (Phi) is 4.99. The Bertz CT molecular complexity index is 819. The summed E-state index contributed by atoms with van der Waals surface area (Å²) in [6.45, 7) is 6.32. The zero-order chi connectivity index (χ0) is 18.8. The van der Waals surface area contributed by atoms with Crippen LogP contribution in [0, 0.1) is 5.92 Å². The molecule has 142 valence electrons.